The molecule has 2 heterocycles. The van der Waals surface area contributed by atoms with Gasteiger partial charge in [0.2, 0.25) is 0 Å². The van der Waals surface area contributed by atoms with Crippen molar-refractivity contribution in [1.29, 1.82) is 0 Å². The molecule has 0 radical (unpaired) electrons. The second kappa shape index (κ2) is 3.87. The molecule has 2 aromatic heterocycles. The molecule has 0 unspecified atom stereocenters. The third kappa shape index (κ3) is 1.59. The van der Waals surface area contributed by atoms with Crippen LogP contribution in [0.3, 0.4) is 0 Å². The number of nitrogens with zero attached hydrogens (tertiary/aromatic N) is 3. The summed E-state index contributed by atoms with van der Waals surface area (Å²) in [6.45, 7) is 6.82. The lowest BCUT2D eigenvalue weighted by molar-refractivity contribution is 0.768. The average molecular weight is 218 g/mol. The molecule has 0 bridgehead atoms. The van der Waals surface area contributed by atoms with E-state index in [0.717, 1.165) is 22.4 Å². The average Bonchev–Trinajstić information content (AvgIpc) is 2.53. The Kier molecular flexibility index (Phi) is 2.68. The van der Waals surface area contributed by atoms with E-state index in [2.05, 4.69) is 30.0 Å². The van der Waals surface area contributed by atoms with E-state index >= 15 is 0 Å². The summed E-state index contributed by atoms with van der Waals surface area (Å²) >= 11 is 0. The van der Waals surface area contributed by atoms with E-state index in [-0.39, 0.29) is 0 Å². The fraction of sp³-hybridized carbons (Fsp3) is 0.500. The number of fused-ring (bicyclic) bond motifs is 1. The monoisotopic (exact) mass is 218 g/mol. The van der Waals surface area contributed by atoms with Crippen LogP contribution >= 0.6 is 0 Å². The molecule has 4 nitrogen and oxygen atoms in total. The predicted molar refractivity (Wildman–Crippen MR) is 65.2 cm³/mol. The van der Waals surface area contributed by atoms with Crippen LogP contribution in [0.4, 0.5) is 0 Å². The van der Waals surface area contributed by atoms with Gasteiger partial charge in [0.15, 0.2) is 0 Å². The number of pyridine rings is 1. The lowest BCUT2D eigenvalue weighted by Gasteiger charge is -2.10. The van der Waals surface area contributed by atoms with Crippen molar-refractivity contribution in [3.8, 4) is 0 Å². The van der Waals surface area contributed by atoms with Gasteiger partial charge in [-0.2, -0.15) is 5.10 Å². The van der Waals surface area contributed by atoms with Gasteiger partial charge in [-0.05, 0) is 24.5 Å². The largest absolute Gasteiger partial charge is 0.325 e. The summed E-state index contributed by atoms with van der Waals surface area (Å²) in [6, 6.07) is 2.09. The van der Waals surface area contributed by atoms with Gasteiger partial charge in [0.05, 0.1) is 16.9 Å². The molecular weight excluding hydrogens is 200 g/mol. The Balaban J connectivity index is 2.84. The fourth-order valence-corrected chi connectivity index (χ4v) is 2.07. The first-order chi connectivity index (χ1) is 7.54. The van der Waals surface area contributed by atoms with E-state index in [0.29, 0.717) is 12.5 Å². The highest BCUT2D eigenvalue weighted by molar-refractivity contribution is 5.81. The lowest BCUT2D eigenvalue weighted by atomic mass is 10.0. The number of rotatable bonds is 2. The molecule has 0 spiro atoms. The molecule has 0 saturated carbocycles. The quantitative estimate of drug-likeness (QED) is 0.837. The Morgan fingerprint density at radius 3 is 2.69 bits per heavy atom. The van der Waals surface area contributed by atoms with E-state index in [9.17, 15) is 0 Å². The van der Waals surface area contributed by atoms with Crippen LogP contribution in [-0.4, -0.2) is 14.8 Å². The number of hydrogen-bond donors (Lipinski definition) is 1. The minimum atomic E-state index is 0.450. The predicted octanol–water partition coefficient (Wildman–Crippen LogP) is 1.86. The van der Waals surface area contributed by atoms with Gasteiger partial charge in [-0.15, -0.1) is 0 Å². The standard InChI is InChI=1S/C12H18N4/c1-7(2)10-5-9(6-13)14-11-8(3)15-16(4)12(10)11/h5,7H,6,13H2,1-4H3. The van der Waals surface area contributed by atoms with Crippen LogP contribution in [0.25, 0.3) is 11.0 Å². The molecule has 86 valence electrons. The van der Waals surface area contributed by atoms with Crippen molar-refractivity contribution in [2.75, 3.05) is 0 Å². The third-order valence-corrected chi connectivity index (χ3v) is 2.87. The van der Waals surface area contributed by atoms with Crippen LogP contribution < -0.4 is 5.73 Å². The van der Waals surface area contributed by atoms with Crippen LogP contribution in [0.1, 0.15) is 36.7 Å². The van der Waals surface area contributed by atoms with Gasteiger partial charge in [-0.25, -0.2) is 4.98 Å². The Hall–Kier alpha value is -1.42. The Bertz CT molecular complexity index is 525. The van der Waals surface area contributed by atoms with Crippen LogP contribution in [0.2, 0.25) is 0 Å². The highest BCUT2D eigenvalue weighted by Crippen LogP contribution is 2.26. The number of hydrogen-bond acceptors (Lipinski definition) is 3. The van der Waals surface area contributed by atoms with Gasteiger partial charge in [-0.1, -0.05) is 13.8 Å². The highest BCUT2D eigenvalue weighted by atomic mass is 15.3. The molecule has 2 aromatic rings. The van der Waals surface area contributed by atoms with Crippen molar-refractivity contribution >= 4 is 11.0 Å². The summed E-state index contributed by atoms with van der Waals surface area (Å²) in [4.78, 5) is 4.55. The SMILES string of the molecule is Cc1nn(C)c2c(C(C)C)cc(CN)nc12. The van der Waals surface area contributed by atoms with Crippen LogP contribution in [0, 0.1) is 6.92 Å². The van der Waals surface area contributed by atoms with Gasteiger partial charge in [0.25, 0.3) is 0 Å². The molecule has 0 amide bonds. The summed E-state index contributed by atoms with van der Waals surface area (Å²) in [5.41, 5.74) is 11.0. The first-order valence-electron chi connectivity index (χ1n) is 5.57. The van der Waals surface area contributed by atoms with Gasteiger partial charge in [0, 0.05) is 13.6 Å². The zero-order chi connectivity index (χ0) is 11.9. The van der Waals surface area contributed by atoms with Crippen molar-refractivity contribution < 1.29 is 0 Å². The summed E-state index contributed by atoms with van der Waals surface area (Å²) in [7, 11) is 1.96. The van der Waals surface area contributed by atoms with Crippen LogP contribution in [-0.2, 0) is 13.6 Å². The number of nitrogens with two attached hydrogens (primary N) is 1. The molecule has 0 aliphatic heterocycles. The minimum Gasteiger partial charge on any atom is -0.325 e. The molecule has 2 N–H and O–H groups in total. The van der Waals surface area contributed by atoms with Crippen LogP contribution in [0.15, 0.2) is 6.07 Å². The van der Waals surface area contributed by atoms with Gasteiger partial charge in [-0.3, -0.25) is 4.68 Å². The number of aryl methyl sites for hydroxylation is 2. The Morgan fingerprint density at radius 2 is 2.12 bits per heavy atom. The minimum absolute atomic E-state index is 0.450. The maximum atomic E-state index is 5.68. The molecule has 0 aliphatic rings. The second-order valence-electron chi connectivity index (χ2n) is 4.47. The number of aromatic nitrogens is 3. The van der Waals surface area contributed by atoms with E-state index in [1.165, 1.54) is 5.56 Å². The van der Waals surface area contributed by atoms with Crippen molar-refractivity contribution in [1.82, 2.24) is 14.8 Å². The van der Waals surface area contributed by atoms with Crippen molar-refractivity contribution in [3.63, 3.8) is 0 Å². The first-order valence-corrected chi connectivity index (χ1v) is 5.57. The van der Waals surface area contributed by atoms with Gasteiger partial charge >= 0.3 is 0 Å². The van der Waals surface area contributed by atoms with E-state index in [1.807, 2.05) is 18.7 Å². The molecule has 4 heteroatoms. The first kappa shape index (κ1) is 11.1. The molecule has 0 fully saturated rings. The smallest absolute Gasteiger partial charge is 0.112 e. The molecule has 16 heavy (non-hydrogen) atoms. The molecule has 0 aliphatic carbocycles. The maximum Gasteiger partial charge on any atom is 0.112 e. The highest BCUT2D eigenvalue weighted by Gasteiger charge is 2.14. The van der Waals surface area contributed by atoms with Gasteiger partial charge < -0.3 is 5.73 Å². The summed E-state index contributed by atoms with van der Waals surface area (Å²) in [6.07, 6.45) is 0. The molecule has 0 saturated heterocycles. The molecule has 0 aromatic carbocycles. The van der Waals surface area contributed by atoms with E-state index in [1.54, 1.807) is 0 Å². The molecular formula is C12H18N4. The molecule has 2 rings (SSSR count). The zero-order valence-electron chi connectivity index (χ0n) is 10.3. The van der Waals surface area contributed by atoms with Crippen molar-refractivity contribution in [3.05, 3.63) is 23.0 Å². The topological polar surface area (TPSA) is 56.7 Å². The Labute approximate surface area is 95.5 Å². The Morgan fingerprint density at radius 1 is 1.44 bits per heavy atom. The second-order valence-corrected chi connectivity index (χ2v) is 4.47. The van der Waals surface area contributed by atoms with Gasteiger partial charge in [0.1, 0.15) is 5.52 Å². The normalized spacial score (nSPS) is 11.6. The summed E-state index contributed by atoms with van der Waals surface area (Å²) in [5, 5.41) is 4.42. The lowest BCUT2D eigenvalue weighted by Crippen LogP contribution is -2.04. The maximum absolute atomic E-state index is 5.68. The van der Waals surface area contributed by atoms with Crippen molar-refractivity contribution in [2.45, 2.75) is 33.2 Å². The molecule has 0 atom stereocenters. The fourth-order valence-electron chi connectivity index (χ4n) is 2.07. The van der Waals surface area contributed by atoms with Crippen LogP contribution in [0.5, 0.6) is 0 Å². The zero-order valence-corrected chi connectivity index (χ0v) is 10.3. The van der Waals surface area contributed by atoms with E-state index < -0.39 is 0 Å². The third-order valence-electron chi connectivity index (χ3n) is 2.87. The van der Waals surface area contributed by atoms with E-state index in [4.69, 9.17) is 5.73 Å². The summed E-state index contributed by atoms with van der Waals surface area (Å²) < 4.78 is 1.91. The van der Waals surface area contributed by atoms with Crippen molar-refractivity contribution in [2.24, 2.45) is 12.8 Å². The summed E-state index contributed by atoms with van der Waals surface area (Å²) in [5.74, 6) is 0.450.